The summed E-state index contributed by atoms with van der Waals surface area (Å²) in [5, 5.41) is 0.199. The summed E-state index contributed by atoms with van der Waals surface area (Å²) in [5.74, 6) is -0.290. The number of halogens is 2. The number of benzene rings is 1. The minimum Gasteiger partial charge on any atom is -0.330 e. The van der Waals surface area contributed by atoms with Crippen LogP contribution in [0, 0.1) is 11.2 Å². The zero-order valence-corrected chi connectivity index (χ0v) is 12.1. The lowest BCUT2D eigenvalue weighted by Crippen LogP contribution is -2.32. The molecule has 1 nitrogen and oxygen atoms in total. The summed E-state index contributed by atoms with van der Waals surface area (Å²) in [6, 6.07) is 5.20. The summed E-state index contributed by atoms with van der Waals surface area (Å²) in [6.07, 6.45) is 4.96. The smallest absolute Gasteiger partial charge is 0.144 e. The van der Waals surface area contributed by atoms with Gasteiger partial charge in [0.2, 0.25) is 0 Å². The van der Waals surface area contributed by atoms with Crippen molar-refractivity contribution in [2.45, 2.75) is 46.0 Å². The van der Waals surface area contributed by atoms with Crippen LogP contribution in [0.2, 0.25) is 5.02 Å². The fraction of sp³-hybridized carbons (Fsp3) is 0.600. The average Bonchev–Trinajstić information content (AvgIpc) is 2.40. The van der Waals surface area contributed by atoms with Crippen LogP contribution >= 0.6 is 11.6 Å². The largest absolute Gasteiger partial charge is 0.330 e. The Labute approximate surface area is 115 Å². The van der Waals surface area contributed by atoms with Crippen LogP contribution in [0.5, 0.6) is 0 Å². The van der Waals surface area contributed by atoms with Crippen LogP contribution < -0.4 is 5.73 Å². The van der Waals surface area contributed by atoms with Crippen LogP contribution in [0.15, 0.2) is 18.2 Å². The zero-order valence-electron chi connectivity index (χ0n) is 11.3. The van der Waals surface area contributed by atoms with Gasteiger partial charge in [0.15, 0.2) is 0 Å². The summed E-state index contributed by atoms with van der Waals surface area (Å²) in [7, 11) is 0. The van der Waals surface area contributed by atoms with Gasteiger partial charge in [-0.05, 0) is 42.9 Å². The van der Waals surface area contributed by atoms with E-state index in [-0.39, 0.29) is 16.3 Å². The van der Waals surface area contributed by atoms with Crippen molar-refractivity contribution in [1.29, 1.82) is 0 Å². The van der Waals surface area contributed by atoms with E-state index in [0.717, 1.165) is 25.7 Å². The minimum atomic E-state index is -0.290. The molecule has 102 valence electrons. The van der Waals surface area contributed by atoms with E-state index in [1.165, 1.54) is 0 Å². The van der Waals surface area contributed by atoms with Crippen molar-refractivity contribution in [3.63, 3.8) is 0 Å². The van der Waals surface area contributed by atoms with Gasteiger partial charge in [0.05, 0.1) is 5.02 Å². The summed E-state index contributed by atoms with van der Waals surface area (Å²) >= 11 is 5.83. The summed E-state index contributed by atoms with van der Waals surface area (Å²) in [6.45, 7) is 4.89. The number of nitrogens with two attached hydrogens (primary N) is 1. The fourth-order valence-electron chi connectivity index (χ4n) is 2.35. The Balaban J connectivity index is 2.92. The van der Waals surface area contributed by atoms with Gasteiger partial charge in [0.25, 0.3) is 0 Å². The number of hydrogen-bond donors (Lipinski definition) is 1. The number of hydrogen-bond acceptors (Lipinski definition) is 1. The van der Waals surface area contributed by atoms with Crippen LogP contribution in [0.25, 0.3) is 0 Å². The molecule has 1 atom stereocenters. The fourth-order valence-corrected chi connectivity index (χ4v) is 2.54. The molecule has 18 heavy (non-hydrogen) atoms. The maximum Gasteiger partial charge on any atom is 0.144 e. The van der Waals surface area contributed by atoms with E-state index < -0.39 is 0 Å². The molecule has 1 aromatic carbocycles. The lowest BCUT2D eigenvalue weighted by Gasteiger charge is -2.32. The maximum absolute atomic E-state index is 14.0. The average molecular weight is 272 g/mol. The lowest BCUT2D eigenvalue weighted by atomic mass is 9.75. The van der Waals surface area contributed by atoms with Gasteiger partial charge in [-0.15, -0.1) is 0 Å². The van der Waals surface area contributed by atoms with Crippen molar-refractivity contribution in [3.8, 4) is 0 Å². The normalized spacial score (nSPS) is 14.5. The van der Waals surface area contributed by atoms with Crippen molar-refractivity contribution in [2.75, 3.05) is 6.54 Å². The molecule has 0 saturated heterocycles. The van der Waals surface area contributed by atoms with Crippen LogP contribution in [0.4, 0.5) is 4.39 Å². The Hall–Kier alpha value is -0.600. The van der Waals surface area contributed by atoms with Gasteiger partial charge >= 0.3 is 0 Å². The highest BCUT2D eigenvalue weighted by Crippen LogP contribution is 2.33. The van der Waals surface area contributed by atoms with Gasteiger partial charge < -0.3 is 5.73 Å². The Bertz CT molecular complexity index is 375. The SMILES string of the molecule is CCCCC(CC)(CN)Cc1cccc(Cl)c1F. The Morgan fingerprint density at radius 3 is 2.61 bits per heavy atom. The lowest BCUT2D eigenvalue weighted by molar-refractivity contribution is 0.248. The molecule has 1 rings (SSSR count). The molecule has 1 unspecified atom stereocenters. The summed E-state index contributed by atoms with van der Waals surface area (Å²) in [4.78, 5) is 0. The number of unbranched alkanes of at least 4 members (excludes halogenated alkanes) is 1. The second kappa shape index (κ2) is 7.10. The van der Waals surface area contributed by atoms with E-state index in [9.17, 15) is 4.39 Å². The molecule has 0 fully saturated rings. The third kappa shape index (κ3) is 3.69. The van der Waals surface area contributed by atoms with Gasteiger partial charge in [0.1, 0.15) is 5.82 Å². The van der Waals surface area contributed by atoms with Crippen LogP contribution in [0.3, 0.4) is 0 Å². The predicted molar refractivity (Wildman–Crippen MR) is 76.4 cm³/mol. The third-order valence-electron chi connectivity index (χ3n) is 3.84. The van der Waals surface area contributed by atoms with E-state index in [2.05, 4.69) is 13.8 Å². The van der Waals surface area contributed by atoms with Gasteiger partial charge in [-0.25, -0.2) is 4.39 Å². The third-order valence-corrected chi connectivity index (χ3v) is 4.13. The van der Waals surface area contributed by atoms with Gasteiger partial charge in [0, 0.05) is 0 Å². The highest BCUT2D eigenvalue weighted by atomic mass is 35.5. The van der Waals surface area contributed by atoms with Crippen molar-refractivity contribution in [2.24, 2.45) is 11.1 Å². The van der Waals surface area contributed by atoms with Crippen molar-refractivity contribution >= 4 is 11.6 Å². The first-order valence-corrected chi connectivity index (χ1v) is 7.09. The van der Waals surface area contributed by atoms with E-state index in [4.69, 9.17) is 17.3 Å². The first-order valence-electron chi connectivity index (χ1n) is 6.71. The molecular formula is C15H23ClFN. The van der Waals surface area contributed by atoms with Crippen LogP contribution in [-0.2, 0) is 6.42 Å². The predicted octanol–water partition coefficient (Wildman–Crippen LogP) is 4.57. The molecule has 1 aromatic rings. The van der Waals surface area contributed by atoms with Crippen molar-refractivity contribution in [3.05, 3.63) is 34.6 Å². The Morgan fingerprint density at radius 2 is 2.06 bits per heavy atom. The summed E-state index contributed by atoms with van der Waals surface area (Å²) in [5.41, 5.74) is 6.63. The Morgan fingerprint density at radius 1 is 1.33 bits per heavy atom. The standard InChI is InChI=1S/C15H23ClFN/c1-3-5-9-15(4-2,11-18)10-12-7-6-8-13(16)14(12)17/h6-8H,3-5,9-11,18H2,1-2H3. The molecule has 0 radical (unpaired) electrons. The molecule has 0 bridgehead atoms. The first kappa shape index (κ1) is 15.5. The van der Waals surface area contributed by atoms with E-state index >= 15 is 0 Å². The maximum atomic E-state index is 14.0. The van der Waals surface area contributed by atoms with Crippen LogP contribution in [0.1, 0.15) is 45.1 Å². The van der Waals surface area contributed by atoms with Crippen molar-refractivity contribution < 1.29 is 4.39 Å². The van der Waals surface area contributed by atoms with Crippen molar-refractivity contribution in [1.82, 2.24) is 0 Å². The quantitative estimate of drug-likeness (QED) is 0.773. The highest BCUT2D eigenvalue weighted by Gasteiger charge is 2.27. The molecule has 0 aliphatic carbocycles. The summed E-state index contributed by atoms with van der Waals surface area (Å²) < 4.78 is 14.0. The molecule has 0 spiro atoms. The second-order valence-corrected chi connectivity index (χ2v) is 5.46. The molecule has 0 aliphatic heterocycles. The molecule has 0 amide bonds. The van der Waals surface area contributed by atoms with E-state index in [1.54, 1.807) is 12.1 Å². The Kier molecular flexibility index (Phi) is 6.10. The monoisotopic (exact) mass is 271 g/mol. The van der Waals surface area contributed by atoms with E-state index in [1.807, 2.05) is 6.07 Å². The van der Waals surface area contributed by atoms with Gasteiger partial charge in [-0.3, -0.25) is 0 Å². The zero-order chi connectivity index (χ0) is 13.6. The first-order chi connectivity index (χ1) is 8.58. The molecule has 0 heterocycles. The number of rotatable bonds is 7. The van der Waals surface area contributed by atoms with Gasteiger partial charge in [-0.1, -0.05) is 50.4 Å². The molecule has 3 heteroatoms. The second-order valence-electron chi connectivity index (χ2n) is 5.05. The topological polar surface area (TPSA) is 26.0 Å². The molecule has 0 aromatic heterocycles. The molecule has 0 saturated carbocycles. The minimum absolute atomic E-state index is 0.00152. The molecular weight excluding hydrogens is 249 g/mol. The molecule has 2 N–H and O–H groups in total. The van der Waals surface area contributed by atoms with Crippen LogP contribution in [-0.4, -0.2) is 6.54 Å². The molecule has 0 aliphatic rings. The highest BCUT2D eigenvalue weighted by molar-refractivity contribution is 6.30. The van der Waals surface area contributed by atoms with Gasteiger partial charge in [-0.2, -0.15) is 0 Å². The van der Waals surface area contributed by atoms with E-state index in [0.29, 0.717) is 18.5 Å².